The molecule has 1 rings (SSSR count). The van der Waals surface area contributed by atoms with Gasteiger partial charge >= 0.3 is 0 Å². The van der Waals surface area contributed by atoms with Crippen molar-refractivity contribution in [1.29, 1.82) is 0 Å². The largest absolute Gasteiger partial charge is 0.329 e. The summed E-state index contributed by atoms with van der Waals surface area (Å²) in [4.78, 5) is 4.21. The lowest BCUT2D eigenvalue weighted by Gasteiger charge is -2.20. The molecule has 1 aromatic heterocycles. The van der Waals surface area contributed by atoms with Crippen molar-refractivity contribution in [2.45, 2.75) is 26.4 Å². The molecule has 0 fully saturated rings. The number of rotatable bonds is 5. The van der Waals surface area contributed by atoms with Gasteiger partial charge in [-0.1, -0.05) is 25.4 Å². The van der Waals surface area contributed by atoms with E-state index >= 15 is 0 Å². The molecule has 0 spiro atoms. The highest BCUT2D eigenvalue weighted by Gasteiger charge is 2.10. The van der Waals surface area contributed by atoms with E-state index < -0.39 is 0 Å². The van der Waals surface area contributed by atoms with Crippen molar-refractivity contribution in [3.8, 4) is 0 Å². The second-order valence-electron chi connectivity index (χ2n) is 3.93. The van der Waals surface area contributed by atoms with Gasteiger partial charge in [-0.25, -0.2) is 0 Å². The van der Waals surface area contributed by atoms with Crippen LogP contribution in [0.25, 0.3) is 0 Å². The molecule has 84 valence electrons. The van der Waals surface area contributed by atoms with E-state index in [1.807, 2.05) is 12.1 Å². The van der Waals surface area contributed by atoms with E-state index in [1.165, 1.54) is 0 Å². The van der Waals surface area contributed by atoms with Crippen molar-refractivity contribution in [3.63, 3.8) is 0 Å². The van der Waals surface area contributed by atoms with Crippen molar-refractivity contribution in [2.75, 3.05) is 6.54 Å². The van der Waals surface area contributed by atoms with Crippen LogP contribution in [-0.4, -0.2) is 17.6 Å². The van der Waals surface area contributed by atoms with E-state index in [4.69, 9.17) is 17.3 Å². The van der Waals surface area contributed by atoms with Gasteiger partial charge in [-0.05, 0) is 18.1 Å². The highest BCUT2D eigenvalue weighted by atomic mass is 35.5. The van der Waals surface area contributed by atoms with E-state index in [0.717, 1.165) is 12.2 Å². The molecule has 1 aromatic rings. The van der Waals surface area contributed by atoms with Crippen molar-refractivity contribution in [2.24, 2.45) is 11.7 Å². The number of nitrogens with zero attached hydrogens (tertiary/aromatic N) is 1. The second kappa shape index (κ2) is 6.05. The zero-order valence-corrected chi connectivity index (χ0v) is 9.96. The van der Waals surface area contributed by atoms with Crippen LogP contribution in [-0.2, 0) is 6.54 Å². The van der Waals surface area contributed by atoms with E-state index in [1.54, 1.807) is 6.20 Å². The molecule has 0 saturated heterocycles. The van der Waals surface area contributed by atoms with Gasteiger partial charge in [0.15, 0.2) is 0 Å². The molecular formula is C11H18ClN3. The lowest BCUT2D eigenvalue weighted by molar-refractivity contribution is 0.403. The minimum atomic E-state index is 0.336. The smallest absolute Gasteiger partial charge is 0.0589 e. The zero-order valence-electron chi connectivity index (χ0n) is 9.20. The van der Waals surface area contributed by atoms with Gasteiger partial charge < -0.3 is 11.1 Å². The van der Waals surface area contributed by atoms with Gasteiger partial charge in [-0.15, -0.1) is 0 Å². The number of pyridine rings is 1. The number of nitrogens with two attached hydrogens (primary N) is 1. The molecule has 0 bridgehead atoms. The summed E-state index contributed by atoms with van der Waals surface area (Å²) in [5.74, 6) is 0.530. The monoisotopic (exact) mass is 227 g/mol. The van der Waals surface area contributed by atoms with Crippen LogP contribution in [0.5, 0.6) is 0 Å². The summed E-state index contributed by atoms with van der Waals surface area (Å²) in [7, 11) is 0. The van der Waals surface area contributed by atoms with Gasteiger partial charge in [0.25, 0.3) is 0 Å². The maximum absolute atomic E-state index is 5.75. The predicted octanol–water partition coefficient (Wildman–Crippen LogP) is 1.81. The highest BCUT2D eigenvalue weighted by molar-refractivity contribution is 6.30. The molecule has 3 nitrogen and oxygen atoms in total. The van der Waals surface area contributed by atoms with Crippen LogP contribution in [0.15, 0.2) is 18.3 Å². The van der Waals surface area contributed by atoms with Crippen molar-refractivity contribution >= 4 is 11.6 Å². The summed E-state index contributed by atoms with van der Waals surface area (Å²) in [5, 5.41) is 4.04. The fraction of sp³-hybridized carbons (Fsp3) is 0.545. The Bertz CT molecular complexity index is 284. The molecule has 0 aliphatic heterocycles. The quantitative estimate of drug-likeness (QED) is 0.807. The molecule has 1 heterocycles. The average Bonchev–Trinajstić information content (AvgIpc) is 2.21. The Morgan fingerprint density at radius 2 is 2.20 bits per heavy atom. The summed E-state index contributed by atoms with van der Waals surface area (Å²) >= 11 is 5.75. The minimum Gasteiger partial charge on any atom is -0.329 e. The highest BCUT2D eigenvalue weighted by Crippen LogP contribution is 2.07. The van der Waals surface area contributed by atoms with Gasteiger partial charge in [-0.3, -0.25) is 4.98 Å². The Balaban J connectivity index is 2.45. The van der Waals surface area contributed by atoms with Crippen LogP contribution >= 0.6 is 11.6 Å². The molecule has 15 heavy (non-hydrogen) atoms. The van der Waals surface area contributed by atoms with Crippen molar-refractivity contribution in [3.05, 3.63) is 29.0 Å². The standard InChI is InChI=1S/C11H18ClN3/c1-8(2)11(5-13)15-7-10-4-3-9(12)6-14-10/h3-4,6,8,11,15H,5,7,13H2,1-2H3. The number of hydrogen-bond acceptors (Lipinski definition) is 3. The van der Waals surface area contributed by atoms with Crippen molar-refractivity contribution < 1.29 is 0 Å². The van der Waals surface area contributed by atoms with Gasteiger partial charge in [0, 0.05) is 25.3 Å². The molecule has 0 amide bonds. The first kappa shape index (κ1) is 12.4. The molecule has 4 heteroatoms. The van der Waals surface area contributed by atoms with E-state index in [0.29, 0.717) is 23.5 Å². The molecule has 3 N–H and O–H groups in total. The molecule has 0 radical (unpaired) electrons. The van der Waals surface area contributed by atoms with Gasteiger partial charge in [0.05, 0.1) is 10.7 Å². The topological polar surface area (TPSA) is 50.9 Å². The SMILES string of the molecule is CC(C)C(CN)NCc1ccc(Cl)cn1. The summed E-state index contributed by atoms with van der Waals surface area (Å²) in [6.45, 7) is 5.68. The lowest BCUT2D eigenvalue weighted by atomic mass is 10.0. The normalized spacial score (nSPS) is 13.1. The Hall–Kier alpha value is -0.640. The summed E-state index contributed by atoms with van der Waals surface area (Å²) in [6, 6.07) is 4.10. The van der Waals surface area contributed by atoms with E-state index in [9.17, 15) is 0 Å². The Morgan fingerprint density at radius 3 is 2.67 bits per heavy atom. The number of hydrogen-bond donors (Lipinski definition) is 2. The summed E-state index contributed by atoms with van der Waals surface area (Å²) in [5.41, 5.74) is 6.64. The fourth-order valence-electron chi connectivity index (χ4n) is 1.34. The average molecular weight is 228 g/mol. The number of aromatic nitrogens is 1. The molecular weight excluding hydrogens is 210 g/mol. The molecule has 0 aromatic carbocycles. The second-order valence-corrected chi connectivity index (χ2v) is 4.37. The van der Waals surface area contributed by atoms with E-state index in [-0.39, 0.29) is 0 Å². The Labute approximate surface area is 96.0 Å². The van der Waals surface area contributed by atoms with Crippen LogP contribution in [0.3, 0.4) is 0 Å². The zero-order chi connectivity index (χ0) is 11.3. The molecule has 1 atom stereocenters. The third-order valence-corrected chi connectivity index (χ3v) is 2.62. The first-order chi connectivity index (χ1) is 7.13. The van der Waals surface area contributed by atoms with Crippen LogP contribution in [0.1, 0.15) is 19.5 Å². The first-order valence-corrected chi connectivity index (χ1v) is 5.55. The molecule has 0 saturated carbocycles. The number of halogens is 1. The number of nitrogens with one attached hydrogen (secondary N) is 1. The minimum absolute atomic E-state index is 0.336. The van der Waals surface area contributed by atoms with Gasteiger partial charge in [0.2, 0.25) is 0 Å². The fourth-order valence-corrected chi connectivity index (χ4v) is 1.45. The van der Waals surface area contributed by atoms with E-state index in [2.05, 4.69) is 24.1 Å². The maximum Gasteiger partial charge on any atom is 0.0589 e. The Kier molecular flexibility index (Phi) is 5.02. The maximum atomic E-state index is 5.75. The molecule has 0 aliphatic carbocycles. The van der Waals surface area contributed by atoms with Crippen LogP contribution in [0.4, 0.5) is 0 Å². The first-order valence-electron chi connectivity index (χ1n) is 5.17. The van der Waals surface area contributed by atoms with Gasteiger partial charge in [0.1, 0.15) is 0 Å². The van der Waals surface area contributed by atoms with Crippen LogP contribution in [0.2, 0.25) is 5.02 Å². The van der Waals surface area contributed by atoms with Crippen LogP contribution in [0, 0.1) is 5.92 Å². The summed E-state index contributed by atoms with van der Waals surface area (Å²) < 4.78 is 0. The molecule has 1 unspecified atom stereocenters. The molecule has 0 aliphatic rings. The lowest BCUT2D eigenvalue weighted by Crippen LogP contribution is -2.39. The summed E-state index contributed by atoms with van der Waals surface area (Å²) in [6.07, 6.45) is 1.66. The van der Waals surface area contributed by atoms with Gasteiger partial charge in [-0.2, -0.15) is 0 Å². The Morgan fingerprint density at radius 1 is 1.47 bits per heavy atom. The van der Waals surface area contributed by atoms with Crippen LogP contribution < -0.4 is 11.1 Å². The third kappa shape index (κ3) is 4.16. The predicted molar refractivity (Wildman–Crippen MR) is 63.8 cm³/mol. The van der Waals surface area contributed by atoms with Crippen molar-refractivity contribution in [1.82, 2.24) is 10.3 Å². The third-order valence-electron chi connectivity index (χ3n) is 2.39.